The Bertz CT molecular complexity index is 1130. The first-order valence-corrected chi connectivity index (χ1v) is 11.1. The van der Waals surface area contributed by atoms with Crippen LogP contribution in [-0.2, 0) is 4.74 Å². The number of nitrogens with two attached hydrogens (primary N) is 1. The average molecular weight is 425 g/mol. The molecule has 4 aromatic rings. The van der Waals surface area contributed by atoms with Gasteiger partial charge in [-0.15, -0.1) is 23.1 Å². The first kappa shape index (κ1) is 19.8. The van der Waals surface area contributed by atoms with Gasteiger partial charge in [-0.2, -0.15) is 0 Å². The molecule has 0 saturated carbocycles. The van der Waals surface area contributed by atoms with E-state index in [9.17, 15) is 0 Å². The Hall–Kier alpha value is -2.55. The Morgan fingerprint density at radius 3 is 2.93 bits per heavy atom. The quantitative estimate of drug-likeness (QED) is 0.352. The molecule has 0 unspecified atom stereocenters. The molecule has 29 heavy (non-hydrogen) atoms. The summed E-state index contributed by atoms with van der Waals surface area (Å²) in [6.07, 6.45) is 8.17. The maximum Gasteiger partial charge on any atom is 0.283 e. The fraction of sp³-hybridized carbons (Fsp3) is 0.238. The molecule has 4 rings (SSSR count). The summed E-state index contributed by atoms with van der Waals surface area (Å²) in [4.78, 5) is 17.4. The number of ether oxygens (including phenoxy) is 1. The number of hydrogen-bond donors (Lipinski definition) is 1. The van der Waals surface area contributed by atoms with Gasteiger partial charge in [0.25, 0.3) is 6.33 Å². The first-order chi connectivity index (χ1) is 14.2. The van der Waals surface area contributed by atoms with Gasteiger partial charge in [-0.1, -0.05) is 4.98 Å². The molecule has 0 fully saturated rings. The molecule has 4 heterocycles. The van der Waals surface area contributed by atoms with Crippen LogP contribution in [0.3, 0.4) is 0 Å². The molecule has 0 amide bonds. The number of thiophene rings is 1. The number of fused-ring (bicyclic) bond motifs is 1. The number of nitrogen functional groups attached to an aromatic ring is 1. The topological polar surface area (TPSA) is 88.1 Å². The monoisotopic (exact) mass is 424 g/mol. The Labute approximate surface area is 177 Å². The number of aromatic amines is 1. The molecule has 4 aromatic heterocycles. The van der Waals surface area contributed by atoms with E-state index in [2.05, 4.69) is 27.1 Å². The van der Waals surface area contributed by atoms with Crippen LogP contribution in [0.5, 0.6) is 0 Å². The molecule has 6 nitrogen and oxygen atoms in total. The molecular formula is C21H22N5OS2+. The predicted molar refractivity (Wildman–Crippen MR) is 119 cm³/mol. The number of hydrogen-bond acceptors (Lipinski definition) is 7. The van der Waals surface area contributed by atoms with Crippen molar-refractivity contribution in [3.63, 3.8) is 0 Å². The molecule has 0 aliphatic rings. The van der Waals surface area contributed by atoms with Gasteiger partial charge in [0, 0.05) is 36.7 Å². The normalized spacial score (nSPS) is 11.2. The lowest BCUT2D eigenvalue weighted by Crippen LogP contribution is -2.02. The third kappa shape index (κ3) is 4.24. The fourth-order valence-corrected chi connectivity index (χ4v) is 5.41. The van der Waals surface area contributed by atoms with Crippen LogP contribution in [0.25, 0.3) is 32.6 Å². The lowest BCUT2D eigenvalue weighted by Gasteiger charge is -2.08. The molecule has 3 N–H and O–H groups in total. The standard InChI is InChI=1S/C21H21N5OS2/c1-13-8-14(4-5-25-13)16-9-17(15-10-23-12-24-11-15)26-20-18(16)19(22)21(29-20)28-7-3-6-27-2/h4-5,8-12H,3,6-7,22H2,1-2H3/p+1. The van der Waals surface area contributed by atoms with E-state index < -0.39 is 0 Å². The van der Waals surface area contributed by atoms with Crippen molar-refractivity contribution in [2.24, 2.45) is 0 Å². The van der Waals surface area contributed by atoms with Gasteiger partial charge in [-0.25, -0.2) is 9.97 Å². The molecule has 0 aliphatic heterocycles. The third-order valence-corrected chi connectivity index (χ3v) is 6.97. The number of pyridine rings is 2. The zero-order chi connectivity index (χ0) is 20.2. The van der Waals surface area contributed by atoms with Crippen LogP contribution >= 0.6 is 23.1 Å². The van der Waals surface area contributed by atoms with Gasteiger partial charge in [-0.05, 0) is 42.7 Å². The highest BCUT2D eigenvalue weighted by molar-refractivity contribution is 8.01. The number of rotatable bonds is 7. The van der Waals surface area contributed by atoms with E-state index in [1.165, 1.54) is 0 Å². The molecular weight excluding hydrogens is 402 g/mol. The summed E-state index contributed by atoms with van der Waals surface area (Å²) in [6, 6.07) is 6.18. The molecule has 0 radical (unpaired) electrons. The number of anilines is 1. The zero-order valence-corrected chi connectivity index (χ0v) is 17.9. The SMILES string of the molecule is COCCCSc1sc2nc(-c3cnc[nH+]c3)cc(-c3ccnc(C)c3)c2c1N. The van der Waals surface area contributed by atoms with Crippen molar-refractivity contribution in [1.82, 2.24) is 15.0 Å². The van der Waals surface area contributed by atoms with E-state index in [1.54, 1.807) is 36.5 Å². The number of methoxy groups -OCH3 is 1. The van der Waals surface area contributed by atoms with Crippen molar-refractivity contribution in [1.29, 1.82) is 0 Å². The lowest BCUT2D eigenvalue weighted by molar-refractivity contribution is -0.382. The highest BCUT2D eigenvalue weighted by Gasteiger charge is 2.19. The Balaban J connectivity index is 1.86. The van der Waals surface area contributed by atoms with Crippen molar-refractivity contribution < 1.29 is 9.72 Å². The maximum atomic E-state index is 6.60. The Morgan fingerprint density at radius 2 is 2.17 bits per heavy atom. The minimum Gasteiger partial charge on any atom is -0.397 e. The first-order valence-electron chi connectivity index (χ1n) is 9.26. The van der Waals surface area contributed by atoms with Crippen molar-refractivity contribution in [3.8, 4) is 22.4 Å². The number of thioether (sulfide) groups is 1. The zero-order valence-electron chi connectivity index (χ0n) is 16.3. The van der Waals surface area contributed by atoms with Crippen molar-refractivity contribution in [3.05, 3.63) is 48.8 Å². The summed E-state index contributed by atoms with van der Waals surface area (Å²) in [5, 5.41) is 1.01. The van der Waals surface area contributed by atoms with Gasteiger partial charge in [0.05, 0.1) is 21.2 Å². The third-order valence-electron chi connectivity index (χ3n) is 4.50. The summed E-state index contributed by atoms with van der Waals surface area (Å²) in [5.74, 6) is 0.957. The van der Waals surface area contributed by atoms with E-state index in [4.69, 9.17) is 15.5 Å². The molecule has 148 valence electrons. The molecule has 0 bridgehead atoms. The molecule has 0 atom stereocenters. The van der Waals surface area contributed by atoms with Crippen LogP contribution in [0.4, 0.5) is 5.69 Å². The predicted octanol–water partition coefficient (Wildman–Crippen LogP) is 4.25. The fourth-order valence-electron chi connectivity index (χ4n) is 3.13. The van der Waals surface area contributed by atoms with E-state index in [0.29, 0.717) is 0 Å². The van der Waals surface area contributed by atoms with E-state index in [1.807, 2.05) is 31.6 Å². The molecule has 0 aromatic carbocycles. The number of aromatic nitrogens is 4. The van der Waals surface area contributed by atoms with Crippen LogP contribution in [-0.4, -0.2) is 34.4 Å². The summed E-state index contributed by atoms with van der Waals surface area (Å²) < 4.78 is 6.26. The number of H-pyrrole nitrogens is 1. The summed E-state index contributed by atoms with van der Waals surface area (Å²) in [6.45, 7) is 2.74. The number of aryl methyl sites for hydroxylation is 1. The summed E-state index contributed by atoms with van der Waals surface area (Å²) >= 11 is 3.41. The van der Waals surface area contributed by atoms with E-state index in [-0.39, 0.29) is 0 Å². The van der Waals surface area contributed by atoms with Crippen molar-refractivity contribution in [2.45, 2.75) is 17.6 Å². The van der Waals surface area contributed by atoms with Crippen LogP contribution in [0, 0.1) is 6.92 Å². The molecule has 8 heteroatoms. The highest BCUT2D eigenvalue weighted by Crippen LogP contribution is 2.45. The molecule has 0 aliphatic carbocycles. The second kappa shape index (κ2) is 8.86. The molecule has 0 saturated heterocycles. The minimum atomic E-state index is 0.749. The van der Waals surface area contributed by atoms with Crippen LogP contribution in [0.2, 0.25) is 0 Å². The van der Waals surface area contributed by atoms with Gasteiger partial charge in [0.1, 0.15) is 11.0 Å². The summed E-state index contributed by atoms with van der Waals surface area (Å²) in [5.41, 5.74) is 12.3. The largest absolute Gasteiger partial charge is 0.397 e. The summed E-state index contributed by atoms with van der Waals surface area (Å²) in [7, 11) is 1.72. The minimum absolute atomic E-state index is 0.749. The Morgan fingerprint density at radius 1 is 1.28 bits per heavy atom. The van der Waals surface area contributed by atoms with Crippen LogP contribution in [0.15, 0.2) is 47.3 Å². The van der Waals surface area contributed by atoms with Crippen LogP contribution < -0.4 is 10.7 Å². The van der Waals surface area contributed by atoms with E-state index in [0.717, 1.165) is 67.0 Å². The van der Waals surface area contributed by atoms with Crippen LogP contribution in [0.1, 0.15) is 12.1 Å². The lowest BCUT2D eigenvalue weighted by atomic mass is 10.0. The van der Waals surface area contributed by atoms with Gasteiger partial charge in [0.2, 0.25) is 0 Å². The van der Waals surface area contributed by atoms with Gasteiger partial charge in [-0.3, -0.25) is 4.98 Å². The van der Waals surface area contributed by atoms with Gasteiger partial charge < -0.3 is 10.5 Å². The molecule has 0 spiro atoms. The number of nitrogens with zero attached hydrogens (tertiary/aromatic N) is 3. The Kier molecular flexibility index (Phi) is 6.03. The number of nitrogens with one attached hydrogen (secondary N) is 1. The van der Waals surface area contributed by atoms with Crippen molar-refractivity contribution >= 4 is 39.0 Å². The highest BCUT2D eigenvalue weighted by atomic mass is 32.2. The van der Waals surface area contributed by atoms with Crippen molar-refractivity contribution in [2.75, 3.05) is 25.2 Å². The smallest absolute Gasteiger partial charge is 0.283 e. The van der Waals surface area contributed by atoms with Gasteiger partial charge in [0.15, 0.2) is 6.20 Å². The second-order valence-electron chi connectivity index (χ2n) is 6.59. The van der Waals surface area contributed by atoms with E-state index >= 15 is 0 Å². The average Bonchev–Trinajstić information content (AvgIpc) is 3.07. The maximum absolute atomic E-state index is 6.60. The van der Waals surface area contributed by atoms with Gasteiger partial charge >= 0.3 is 0 Å². The second-order valence-corrected chi connectivity index (χ2v) is 8.96.